The van der Waals surface area contributed by atoms with Crippen LogP contribution in [0.15, 0.2) is 0 Å². The van der Waals surface area contributed by atoms with Crippen molar-refractivity contribution < 1.29 is 9.84 Å². The van der Waals surface area contributed by atoms with E-state index in [1.807, 2.05) is 6.92 Å². The molecule has 0 saturated heterocycles. The fourth-order valence-electron chi connectivity index (χ4n) is 1.13. The molecule has 0 unspecified atom stereocenters. The van der Waals surface area contributed by atoms with E-state index in [0.717, 1.165) is 28.4 Å². The fraction of sp³-hybridized carbons (Fsp3) is 0.667. The van der Waals surface area contributed by atoms with Gasteiger partial charge in [0.25, 0.3) is 0 Å². The van der Waals surface area contributed by atoms with Crippen LogP contribution in [0.1, 0.15) is 22.5 Å². The summed E-state index contributed by atoms with van der Waals surface area (Å²) in [7, 11) is 1.68. The Bertz CT molecular complexity index is 239. The minimum atomic E-state index is 0.105. The third-order valence-corrected chi connectivity index (χ3v) is 2.96. The van der Waals surface area contributed by atoms with Gasteiger partial charge < -0.3 is 9.84 Å². The van der Waals surface area contributed by atoms with E-state index in [0.29, 0.717) is 6.61 Å². The molecule has 0 fully saturated rings. The molecular formula is C9H15NO2S. The Labute approximate surface area is 82.4 Å². The van der Waals surface area contributed by atoms with E-state index in [-0.39, 0.29) is 6.61 Å². The van der Waals surface area contributed by atoms with Crippen molar-refractivity contribution >= 4 is 11.3 Å². The molecule has 0 aliphatic heterocycles. The Morgan fingerprint density at radius 3 is 2.77 bits per heavy atom. The van der Waals surface area contributed by atoms with Crippen LogP contribution in [-0.2, 0) is 24.2 Å². The zero-order valence-corrected chi connectivity index (χ0v) is 8.86. The number of thiazole rings is 1. The summed E-state index contributed by atoms with van der Waals surface area (Å²) in [5.41, 5.74) is 1.03. The summed E-state index contributed by atoms with van der Waals surface area (Å²) in [6, 6.07) is 0. The summed E-state index contributed by atoms with van der Waals surface area (Å²) in [4.78, 5) is 5.41. The molecule has 0 atom stereocenters. The molecule has 0 radical (unpaired) electrons. The third-order valence-electron chi connectivity index (χ3n) is 1.82. The predicted octanol–water partition coefficient (Wildman–Crippen LogP) is 1.39. The van der Waals surface area contributed by atoms with Gasteiger partial charge in [0, 0.05) is 13.5 Å². The number of ether oxygens (including phenoxy) is 1. The van der Waals surface area contributed by atoms with Gasteiger partial charge in [-0.05, 0) is 6.42 Å². The lowest BCUT2D eigenvalue weighted by molar-refractivity contribution is 0.202. The van der Waals surface area contributed by atoms with Gasteiger partial charge in [-0.3, -0.25) is 0 Å². The van der Waals surface area contributed by atoms with Crippen LogP contribution in [0.2, 0.25) is 0 Å². The molecule has 1 heterocycles. The molecule has 1 aromatic heterocycles. The highest BCUT2D eigenvalue weighted by Gasteiger charge is 2.07. The predicted molar refractivity (Wildman–Crippen MR) is 53.0 cm³/mol. The molecule has 4 heteroatoms. The molecule has 0 aliphatic rings. The first-order valence-electron chi connectivity index (χ1n) is 4.39. The molecule has 0 amide bonds. The van der Waals surface area contributed by atoms with Gasteiger partial charge in [0.05, 0.1) is 28.8 Å². The van der Waals surface area contributed by atoms with Crippen molar-refractivity contribution in [3.05, 3.63) is 15.6 Å². The topological polar surface area (TPSA) is 42.4 Å². The van der Waals surface area contributed by atoms with Crippen molar-refractivity contribution in [2.24, 2.45) is 0 Å². The zero-order valence-electron chi connectivity index (χ0n) is 8.04. The van der Waals surface area contributed by atoms with Crippen molar-refractivity contribution in [2.75, 3.05) is 13.7 Å². The average Bonchev–Trinajstić information content (AvgIpc) is 2.57. The molecular weight excluding hydrogens is 186 g/mol. The first-order valence-corrected chi connectivity index (χ1v) is 5.20. The van der Waals surface area contributed by atoms with Crippen LogP contribution in [0.5, 0.6) is 0 Å². The lowest BCUT2D eigenvalue weighted by atomic mass is 10.3. The van der Waals surface area contributed by atoms with Crippen molar-refractivity contribution in [3.63, 3.8) is 0 Å². The Balaban J connectivity index is 2.68. The third kappa shape index (κ3) is 2.76. The highest BCUT2D eigenvalue weighted by Crippen LogP contribution is 2.19. The summed E-state index contributed by atoms with van der Waals surface area (Å²) in [6.45, 7) is 2.85. The quantitative estimate of drug-likeness (QED) is 0.782. The number of hydrogen-bond donors (Lipinski definition) is 1. The Kier molecular flexibility index (Phi) is 4.35. The molecule has 3 nitrogen and oxygen atoms in total. The Morgan fingerprint density at radius 1 is 1.54 bits per heavy atom. The maximum absolute atomic E-state index is 9.03. The summed E-state index contributed by atoms with van der Waals surface area (Å²) < 4.78 is 4.97. The van der Waals surface area contributed by atoms with Crippen LogP contribution in [-0.4, -0.2) is 23.8 Å². The van der Waals surface area contributed by atoms with E-state index in [9.17, 15) is 0 Å². The number of aromatic nitrogens is 1. The van der Waals surface area contributed by atoms with Gasteiger partial charge in [-0.25, -0.2) is 4.98 Å². The first-order chi connectivity index (χ1) is 6.31. The van der Waals surface area contributed by atoms with Crippen molar-refractivity contribution in [1.29, 1.82) is 0 Å². The average molecular weight is 201 g/mol. The number of aliphatic hydroxyl groups is 1. The summed E-state index contributed by atoms with van der Waals surface area (Å²) in [6.07, 6.45) is 1.73. The normalized spacial score (nSPS) is 10.7. The van der Waals surface area contributed by atoms with Gasteiger partial charge in [-0.2, -0.15) is 0 Å². The number of hydrogen-bond acceptors (Lipinski definition) is 4. The van der Waals surface area contributed by atoms with E-state index >= 15 is 0 Å². The van der Waals surface area contributed by atoms with Crippen molar-refractivity contribution in [3.8, 4) is 0 Å². The summed E-state index contributed by atoms with van der Waals surface area (Å²) >= 11 is 1.58. The van der Waals surface area contributed by atoms with Gasteiger partial charge in [0.15, 0.2) is 0 Å². The van der Waals surface area contributed by atoms with Gasteiger partial charge in [0.1, 0.15) is 0 Å². The van der Waals surface area contributed by atoms with Gasteiger partial charge >= 0.3 is 0 Å². The van der Waals surface area contributed by atoms with E-state index in [1.165, 1.54) is 0 Å². The lowest BCUT2D eigenvalue weighted by Gasteiger charge is -1.92. The lowest BCUT2D eigenvalue weighted by Crippen LogP contribution is -1.94. The van der Waals surface area contributed by atoms with Crippen LogP contribution in [0, 0.1) is 0 Å². The number of aryl methyl sites for hydroxylation is 1. The molecule has 1 N–H and O–H groups in total. The van der Waals surface area contributed by atoms with Crippen molar-refractivity contribution in [2.45, 2.75) is 26.4 Å². The van der Waals surface area contributed by atoms with Crippen LogP contribution in [0.25, 0.3) is 0 Å². The molecule has 74 valence electrons. The second-order valence-electron chi connectivity index (χ2n) is 2.73. The molecule has 13 heavy (non-hydrogen) atoms. The highest BCUT2D eigenvalue weighted by molar-refractivity contribution is 7.11. The first kappa shape index (κ1) is 10.6. The minimum absolute atomic E-state index is 0.105. The number of aliphatic hydroxyl groups excluding tert-OH is 1. The summed E-state index contributed by atoms with van der Waals surface area (Å²) in [5, 5.41) is 10.1. The van der Waals surface area contributed by atoms with E-state index < -0.39 is 0 Å². The Morgan fingerprint density at radius 2 is 2.31 bits per heavy atom. The number of nitrogens with zero attached hydrogens (tertiary/aromatic N) is 1. The highest BCUT2D eigenvalue weighted by atomic mass is 32.1. The monoisotopic (exact) mass is 201 g/mol. The maximum Gasteiger partial charge on any atom is 0.0954 e. The zero-order chi connectivity index (χ0) is 9.68. The van der Waals surface area contributed by atoms with Crippen LogP contribution >= 0.6 is 11.3 Å². The van der Waals surface area contributed by atoms with Gasteiger partial charge in [-0.1, -0.05) is 6.92 Å². The molecule has 0 bridgehead atoms. The molecule has 1 rings (SSSR count). The second-order valence-corrected chi connectivity index (χ2v) is 3.90. The van der Waals surface area contributed by atoms with Crippen LogP contribution in [0.4, 0.5) is 0 Å². The van der Waals surface area contributed by atoms with Crippen molar-refractivity contribution in [1.82, 2.24) is 4.98 Å². The maximum atomic E-state index is 9.03. The van der Waals surface area contributed by atoms with Gasteiger partial charge in [-0.15, -0.1) is 11.3 Å². The minimum Gasteiger partial charge on any atom is -0.391 e. The Hall–Kier alpha value is -0.450. The smallest absolute Gasteiger partial charge is 0.0954 e. The molecule has 0 aliphatic carbocycles. The van der Waals surface area contributed by atoms with E-state index in [2.05, 4.69) is 4.98 Å². The van der Waals surface area contributed by atoms with Gasteiger partial charge in [0.2, 0.25) is 0 Å². The summed E-state index contributed by atoms with van der Waals surface area (Å²) in [5.74, 6) is 0. The standard InChI is InChI=1S/C9H15NO2S/c1-3-7-8(6-11)13-9(10-7)4-5-12-2/h11H,3-6H2,1-2H3. The molecule has 0 saturated carbocycles. The fourth-order valence-corrected chi connectivity index (χ4v) is 2.13. The van der Waals surface area contributed by atoms with Crippen LogP contribution < -0.4 is 0 Å². The largest absolute Gasteiger partial charge is 0.391 e. The van der Waals surface area contributed by atoms with E-state index in [4.69, 9.17) is 9.84 Å². The second kappa shape index (κ2) is 5.32. The number of rotatable bonds is 5. The molecule has 1 aromatic rings. The van der Waals surface area contributed by atoms with Crippen LogP contribution in [0.3, 0.4) is 0 Å². The SMILES string of the molecule is CCc1nc(CCOC)sc1CO. The molecule has 0 spiro atoms. The molecule has 0 aromatic carbocycles. The van der Waals surface area contributed by atoms with E-state index in [1.54, 1.807) is 18.4 Å². The number of methoxy groups -OCH3 is 1.